The van der Waals surface area contributed by atoms with E-state index >= 15 is 0 Å². The maximum atomic E-state index is 11.0. The van der Waals surface area contributed by atoms with Crippen LogP contribution in [0.3, 0.4) is 0 Å². The molecule has 0 fully saturated rings. The molecule has 3 heteroatoms. The number of aromatic nitrogens is 1. The van der Waals surface area contributed by atoms with Crippen molar-refractivity contribution in [2.75, 3.05) is 0 Å². The molecule has 0 unspecified atom stereocenters. The van der Waals surface area contributed by atoms with Gasteiger partial charge in [0.05, 0.1) is 0 Å². The quantitative estimate of drug-likeness (QED) is 0.658. The molecule has 1 aromatic rings. The third-order valence-corrected chi connectivity index (χ3v) is 3.32. The van der Waals surface area contributed by atoms with E-state index in [2.05, 4.69) is 22.6 Å². The van der Waals surface area contributed by atoms with Gasteiger partial charge in [0, 0.05) is 22.4 Å². The smallest absolute Gasteiger partial charge is 0.227 e. The van der Waals surface area contributed by atoms with E-state index in [0.29, 0.717) is 0 Å². The van der Waals surface area contributed by atoms with E-state index in [1.807, 2.05) is 20.0 Å². The fourth-order valence-corrected chi connectivity index (χ4v) is 1.46. The number of carbonyl (C=O) groups excluding carboxylic acids is 1. The second-order valence-corrected chi connectivity index (χ2v) is 3.68. The average molecular weight is 263 g/mol. The summed E-state index contributed by atoms with van der Waals surface area (Å²) in [5.74, 6) is 0.0773. The van der Waals surface area contributed by atoms with Crippen molar-refractivity contribution in [1.29, 1.82) is 0 Å². The Morgan fingerprint density at radius 1 is 1.55 bits per heavy atom. The van der Waals surface area contributed by atoms with E-state index in [9.17, 15) is 4.79 Å². The minimum Gasteiger partial charge on any atom is -0.291 e. The molecule has 1 rings (SSSR count). The van der Waals surface area contributed by atoms with Gasteiger partial charge < -0.3 is 0 Å². The standard InChI is InChI=1S/C8H10INO/c1-5-4-10(7(3)11)6(2)8(5)9/h4H,1-3H3. The number of aryl methyl sites for hydroxylation is 1. The predicted octanol–water partition coefficient (Wildman–Crippen LogP) is 2.37. The molecule has 0 spiro atoms. The zero-order valence-corrected chi connectivity index (χ0v) is 8.97. The number of hydrogen-bond acceptors (Lipinski definition) is 1. The van der Waals surface area contributed by atoms with Gasteiger partial charge in [-0.25, -0.2) is 0 Å². The first-order valence-corrected chi connectivity index (χ1v) is 4.47. The second-order valence-electron chi connectivity index (χ2n) is 2.60. The summed E-state index contributed by atoms with van der Waals surface area (Å²) in [5, 5.41) is 0. The molecule has 0 N–H and O–H groups in total. The highest BCUT2D eigenvalue weighted by molar-refractivity contribution is 14.1. The summed E-state index contributed by atoms with van der Waals surface area (Å²) in [6.07, 6.45) is 1.87. The summed E-state index contributed by atoms with van der Waals surface area (Å²) in [6, 6.07) is 0. The Morgan fingerprint density at radius 2 is 2.09 bits per heavy atom. The molecule has 11 heavy (non-hydrogen) atoms. The Bertz CT molecular complexity index is 301. The van der Waals surface area contributed by atoms with Gasteiger partial charge in [0.2, 0.25) is 5.91 Å². The van der Waals surface area contributed by atoms with Crippen LogP contribution >= 0.6 is 22.6 Å². The summed E-state index contributed by atoms with van der Waals surface area (Å²) >= 11 is 2.25. The van der Waals surface area contributed by atoms with E-state index < -0.39 is 0 Å². The van der Waals surface area contributed by atoms with Crippen molar-refractivity contribution in [1.82, 2.24) is 4.57 Å². The lowest BCUT2D eigenvalue weighted by Crippen LogP contribution is -2.05. The Hall–Kier alpha value is -0.320. The topological polar surface area (TPSA) is 22.0 Å². The van der Waals surface area contributed by atoms with Gasteiger partial charge >= 0.3 is 0 Å². The zero-order valence-electron chi connectivity index (χ0n) is 6.81. The van der Waals surface area contributed by atoms with E-state index in [0.717, 1.165) is 5.69 Å². The van der Waals surface area contributed by atoms with Crippen molar-refractivity contribution in [3.8, 4) is 0 Å². The van der Waals surface area contributed by atoms with Crippen LogP contribution in [0.25, 0.3) is 0 Å². The summed E-state index contributed by atoms with van der Waals surface area (Å²) in [7, 11) is 0. The maximum absolute atomic E-state index is 11.0. The van der Waals surface area contributed by atoms with Crippen molar-refractivity contribution in [3.63, 3.8) is 0 Å². The molecule has 0 aliphatic rings. The minimum atomic E-state index is 0.0773. The number of hydrogen-bond donors (Lipinski definition) is 0. The first kappa shape index (κ1) is 8.77. The van der Waals surface area contributed by atoms with Gasteiger partial charge in [-0.15, -0.1) is 0 Å². The molecule has 1 heterocycles. The van der Waals surface area contributed by atoms with Crippen molar-refractivity contribution in [2.24, 2.45) is 0 Å². The van der Waals surface area contributed by atoms with E-state index in [-0.39, 0.29) is 5.91 Å². The molecule has 0 saturated heterocycles. The SMILES string of the molecule is CC(=O)n1cc(C)c(I)c1C. The van der Waals surface area contributed by atoms with E-state index in [4.69, 9.17) is 0 Å². The van der Waals surface area contributed by atoms with Gasteiger partial charge in [0.15, 0.2) is 0 Å². The molecule has 0 amide bonds. The maximum Gasteiger partial charge on any atom is 0.227 e. The molecule has 0 aliphatic heterocycles. The van der Waals surface area contributed by atoms with Crippen LogP contribution in [0.15, 0.2) is 6.20 Å². The molecule has 2 nitrogen and oxygen atoms in total. The van der Waals surface area contributed by atoms with Crippen molar-refractivity contribution >= 4 is 28.5 Å². The molecule has 0 radical (unpaired) electrons. The third kappa shape index (κ3) is 1.47. The number of carbonyl (C=O) groups is 1. The van der Waals surface area contributed by atoms with Crippen LogP contribution in [0.4, 0.5) is 0 Å². The van der Waals surface area contributed by atoms with Crippen molar-refractivity contribution in [3.05, 3.63) is 21.0 Å². The summed E-state index contributed by atoms with van der Waals surface area (Å²) in [6.45, 7) is 5.53. The fourth-order valence-electron chi connectivity index (χ4n) is 1.07. The van der Waals surface area contributed by atoms with Crippen molar-refractivity contribution in [2.45, 2.75) is 20.8 Å². The first-order valence-electron chi connectivity index (χ1n) is 3.39. The van der Waals surface area contributed by atoms with Gasteiger partial charge in [-0.3, -0.25) is 9.36 Å². The van der Waals surface area contributed by atoms with Crippen LogP contribution in [0.1, 0.15) is 23.0 Å². The average Bonchev–Trinajstić information content (AvgIpc) is 2.17. The molecule has 0 aromatic carbocycles. The number of rotatable bonds is 0. The van der Waals surface area contributed by atoms with E-state index in [1.165, 1.54) is 9.13 Å². The fraction of sp³-hybridized carbons (Fsp3) is 0.375. The van der Waals surface area contributed by atoms with Gasteiger partial charge in [0.1, 0.15) is 0 Å². The minimum absolute atomic E-state index is 0.0773. The molecule has 60 valence electrons. The first-order chi connectivity index (χ1) is 5.04. The summed E-state index contributed by atoms with van der Waals surface area (Å²) < 4.78 is 2.86. The molecule has 1 aromatic heterocycles. The number of nitrogens with zero attached hydrogens (tertiary/aromatic N) is 1. The molecule has 0 aliphatic carbocycles. The van der Waals surface area contributed by atoms with Crippen LogP contribution in [0, 0.1) is 17.4 Å². The van der Waals surface area contributed by atoms with Gasteiger partial charge in [0.25, 0.3) is 0 Å². The zero-order chi connectivity index (χ0) is 8.59. The van der Waals surface area contributed by atoms with E-state index in [1.54, 1.807) is 11.5 Å². The lowest BCUT2D eigenvalue weighted by Gasteiger charge is -1.97. The summed E-state index contributed by atoms with van der Waals surface area (Å²) in [5.41, 5.74) is 2.20. The van der Waals surface area contributed by atoms with Crippen LogP contribution in [0.5, 0.6) is 0 Å². The van der Waals surface area contributed by atoms with Crippen LogP contribution in [0.2, 0.25) is 0 Å². The number of halogens is 1. The molecule has 0 saturated carbocycles. The highest BCUT2D eigenvalue weighted by atomic mass is 127. The largest absolute Gasteiger partial charge is 0.291 e. The van der Waals surface area contributed by atoms with Crippen molar-refractivity contribution < 1.29 is 4.79 Å². The van der Waals surface area contributed by atoms with Gasteiger partial charge in [-0.05, 0) is 42.0 Å². The lowest BCUT2D eigenvalue weighted by molar-refractivity contribution is 0.0934. The normalized spacial score (nSPS) is 10.2. The van der Waals surface area contributed by atoms with Crippen LogP contribution in [-0.2, 0) is 0 Å². The van der Waals surface area contributed by atoms with Gasteiger partial charge in [-0.2, -0.15) is 0 Å². The lowest BCUT2D eigenvalue weighted by atomic mass is 10.4. The monoisotopic (exact) mass is 263 g/mol. The molecular formula is C8H10INO. The molecular weight excluding hydrogens is 253 g/mol. The molecule has 0 atom stereocenters. The highest BCUT2D eigenvalue weighted by Gasteiger charge is 2.08. The van der Waals surface area contributed by atoms with Crippen LogP contribution < -0.4 is 0 Å². The Morgan fingerprint density at radius 3 is 2.27 bits per heavy atom. The second kappa shape index (κ2) is 2.97. The summed E-state index contributed by atoms with van der Waals surface area (Å²) in [4.78, 5) is 11.0. The third-order valence-electron chi connectivity index (χ3n) is 1.69. The predicted molar refractivity (Wildman–Crippen MR) is 52.9 cm³/mol. The van der Waals surface area contributed by atoms with Crippen LogP contribution in [-0.4, -0.2) is 10.5 Å². The van der Waals surface area contributed by atoms with Gasteiger partial charge in [-0.1, -0.05) is 0 Å². The Balaban J connectivity index is 3.29. The molecule has 0 bridgehead atoms. The highest BCUT2D eigenvalue weighted by Crippen LogP contribution is 2.17. The Kier molecular flexibility index (Phi) is 2.37. The Labute approximate surface area is 79.7 Å².